The fourth-order valence-corrected chi connectivity index (χ4v) is 2.68. The van der Waals surface area contributed by atoms with Gasteiger partial charge < -0.3 is 4.74 Å². The van der Waals surface area contributed by atoms with E-state index < -0.39 is 0 Å². The quantitative estimate of drug-likeness (QED) is 0.800. The van der Waals surface area contributed by atoms with Crippen LogP contribution in [0.2, 0.25) is 5.02 Å². The highest BCUT2D eigenvalue weighted by Crippen LogP contribution is 2.24. The number of carbonyl (C=O) groups excluding carboxylic acids is 1. The van der Waals surface area contributed by atoms with Crippen LogP contribution in [-0.2, 0) is 16.1 Å². The standard InChI is InChI=1S/C14H17ClFNO2/c1-19-14(18)13-4-2-3-7-17(13)9-10-5-6-11(16)8-12(10)15/h5-6,8,13H,2-4,7,9H2,1H3/t13-/m1/s1. The highest BCUT2D eigenvalue weighted by atomic mass is 35.5. The molecule has 1 aromatic carbocycles. The van der Waals surface area contributed by atoms with Gasteiger partial charge in [0.2, 0.25) is 0 Å². The number of methoxy groups -OCH3 is 1. The zero-order valence-electron chi connectivity index (χ0n) is 10.9. The first kappa shape index (κ1) is 14.3. The number of carbonyl (C=O) groups is 1. The van der Waals surface area contributed by atoms with Crippen molar-refractivity contribution < 1.29 is 13.9 Å². The number of halogens is 2. The Kier molecular flexibility index (Phi) is 4.77. The van der Waals surface area contributed by atoms with Gasteiger partial charge in [-0.05, 0) is 37.1 Å². The monoisotopic (exact) mass is 285 g/mol. The molecule has 19 heavy (non-hydrogen) atoms. The van der Waals surface area contributed by atoms with Gasteiger partial charge in [0, 0.05) is 11.6 Å². The number of esters is 1. The van der Waals surface area contributed by atoms with E-state index >= 15 is 0 Å². The molecule has 2 rings (SSSR count). The van der Waals surface area contributed by atoms with Crippen molar-refractivity contribution in [2.75, 3.05) is 13.7 Å². The molecule has 5 heteroatoms. The average Bonchev–Trinajstić information content (AvgIpc) is 2.41. The van der Waals surface area contributed by atoms with Crippen molar-refractivity contribution >= 4 is 17.6 Å². The first-order valence-corrected chi connectivity index (χ1v) is 6.75. The maximum Gasteiger partial charge on any atom is 0.323 e. The van der Waals surface area contributed by atoms with E-state index in [2.05, 4.69) is 4.90 Å². The first-order chi connectivity index (χ1) is 9.11. The lowest BCUT2D eigenvalue weighted by molar-refractivity contribution is -0.148. The van der Waals surface area contributed by atoms with Gasteiger partial charge in [-0.1, -0.05) is 24.1 Å². The van der Waals surface area contributed by atoms with Crippen LogP contribution in [0, 0.1) is 5.82 Å². The number of hydrogen-bond donors (Lipinski definition) is 0. The van der Waals surface area contributed by atoms with E-state index in [1.165, 1.54) is 19.2 Å². The molecule has 0 aliphatic carbocycles. The first-order valence-electron chi connectivity index (χ1n) is 6.37. The molecule has 1 heterocycles. The van der Waals surface area contributed by atoms with Gasteiger partial charge in [-0.25, -0.2) is 4.39 Å². The molecule has 1 aliphatic heterocycles. The summed E-state index contributed by atoms with van der Waals surface area (Å²) in [5.41, 5.74) is 0.832. The minimum Gasteiger partial charge on any atom is -0.468 e. The maximum atomic E-state index is 13.0. The van der Waals surface area contributed by atoms with Crippen molar-refractivity contribution in [1.82, 2.24) is 4.90 Å². The molecule has 0 aromatic heterocycles. The summed E-state index contributed by atoms with van der Waals surface area (Å²) in [4.78, 5) is 13.8. The van der Waals surface area contributed by atoms with Crippen molar-refractivity contribution in [1.29, 1.82) is 0 Å². The van der Waals surface area contributed by atoms with Crippen LogP contribution < -0.4 is 0 Å². The summed E-state index contributed by atoms with van der Waals surface area (Å²) in [6.45, 7) is 1.37. The summed E-state index contributed by atoms with van der Waals surface area (Å²) < 4.78 is 17.8. The molecule has 0 saturated carbocycles. The highest BCUT2D eigenvalue weighted by molar-refractivity contribution is 6.31. The molecule has 0 spiro atoms. The van der Waals surface area contributed by atoms with Crippen LogP contribution in [0.5, 0.6) is 0 Å². The number of piperidine rings is 1. The maximum absolute atomic E-state index is 13.0. The highest BCUT2D eigenvalue weighted by Gasteiger charge is 2.29. The Morgan fingerprint density at radius 2 is 2.32 bits per heavy atom. The number of rotatable bonds is 3. The second kappa shape index (κ2) is 6.35. The smallest absolute Gasteiger partial charge is 0.323 e. The van der Waals surface area contributed by atoms with Crippen LogP contribution in [-0.4, -0.2) is 30.6 Å². The minimum atomic E-state index is -0.350. The third kappa shape index (κ3) is 3.45. The lowest BCUT2D eigenvalue weighted by atomic mass is 10.0. The second-order valence-electron chi connectivity index (χ2n) is 4.74. The minimum absolute atomic E-state index is 0.210. The van der Waals surface area contributed by atoms with E-state index in [1.807, 2.05) is 0 Å². The molecule has 1 aromatic rings. The van der Waals surface area contributed by atoms with Gasteiger partial charge in [0.15, 0.2) is 0 Å². The third-order valence-electron chi connectivity index (χ3n) is 3.48. The zero-order valence-corrected chi connectivity index (χ0v) is 11.6. The van der Waals surface area contributed by atoms with E-state index in [0.29, 0.717) is 11.6 Å². The van der Waals surface area contributed by atoms with E-state index in [1.54, 1.807) is 6.07 Å². The largest absolute Gasteiger partial charge is 0.468 e. The Balaban J connectivity index is 2.13. The Labute approximate surface area is 117 Å². The van der Waals surface area contributed by atoms with Crippen molar-refractivity contribution in [2.45, 2.75) is 31.8 Å². The van der Waals surface area contributed by atoms with Crippen molar-refractivity contribution in [3.63, 3.8) is 0 Å². The molecule has 3 nitrogen and oxygen atoms in total. The van der Waals surface area contributed by atoms with Crippen LogP contribution in [0.15, 0.2) is 18.2 Å². The summed E-state index contributed by atoms with van der Waals surface area (Å²) in [7, 11) is 1.40. The summed E-state index contributed by atoms with van der Waals surface area (Å²) in [6.07, 6.45) is 2.87. The van der Waals surface area contributed by atoms with E-state index in [-0.39, 0.29) is 17.8 Å². The van der Waals surface area contributed by atoms with Crippen LogP contribution in [0.25, 0.3) is 0 Å². The van der Waals surface area contributed by atoms with Gasteiger partial charge in [0.25, 0.3) is 0 Å². The van der Waals surface area contributed by atoms with Crippen LogP contribution in [0.3, 0.4) is 0 Å². The molecular weight excluding hydrogens is 269 g/mol. The van der Waals surface area contributed by atoms with Crippen molar-refractivity contribution in [2.24, 2.45) is 0 Å². The average molecular weight is 286 g/mol. The number of hydrogen-bond acceptors (Lipinski definition) is 3. The van der Waals surface area contributed by atoms with Crippen LogP contribution in [0.1, 0.15) is 24.8 Å². The SMILES string of the molecule is COC(=O)[C@H]1CCCCN1Cc1ccc(F)cc1Cl. The lowest BCUT2D eigenvalue weighted by Gasteiger charge is -2.33. The summed E-state index contributed by atoms with van der Waals surface area (Å²) in [6, 6.07) is 4.13. The van der Waals surface area contributed by atoms with Crippen LogP contribution >= 0.6 is 11.6 Å². The molecule has 0 amide bonds. The summed E-state index contributed by atoms with van der Waals surface area (Å²) in [5, 5.41) is 0.397. The molecule has 104 valence electrons. The van der Waals surface area contributed by atoms with E-state index in [9.17, 15) is 9.18 Å². The van der Waals surface area contributed by atoms with Gasteiger partial charge in [-0.15, -0.1) is 0 Å². The predicted molar refractivity (Wildman–Crippen MR) is 71.5 cm³/mol. The van der Waals surface area contributed by atoms with Gasteiger partial charge in [0.1, 0.15) is 11.9 Å². The molecule has 1 saturated heterocycles. The van der Waals surface area contributed by atoms with E-state index in [4.69, 9.17) is 16.3 Å². The molecule has 1 atom stereocenters. The molecule has 0 bridgehead atoms. The Morgan fingerprint density at radius 3 is 3.00 bits per heavy atom. The normalized spacial score (nSPS) is 20.3. The van der Waals surface area contributed by atoms with E-state index in [0.717, 1.165) is 31.4 Å². The van der Waals surface area contributed by atoms with Crippen LogP contribution in [0.4, 0.5) is 4.39 Å². The number of ether oxygens (including phenoxy) is 1. The van der Waals surface area contributed by atoms with Gasteiger partial charge in [-0.2, -0.15) is 0 Å². The molecule has 1 fully saturated rings. The van der Waals surface area contributed by atoms with Crippen molar-refractivity contribution in [3.05, 3.63) is 34.6 Å². The Hall–Kier alpha value is -1.13. The van der Waals surface area contributed by atoms with Gasteiger partial charge in [0.05, 0.1) is 7.11 Å². The zero-order chi connectivity index (χ0) is 13.8. The third-order valence-corrected chi connectivity index (χ3v) is 3.83. The second-order valence-corrected chi connectivity index (χ2v) is 5.15. The molecular formula is C14H17ClFNO2. The molecule has 1 aliphatic rings. The molecule has 0 N–H and O–H groups in total. The summed E-state index contributed by atoms with van der Waals surface area (Å²) >= 11 is 6.03. The fourth-order valence-electron chi connectivity index (χ4n) is 2.45. The Morgan fingerprint density at radius 1 is 1.53 bits per heavy atom. The Bertz CT molecular complexity index is 467. The number of likely N-dealkylation sites (tertiary alicyclic amines) is 1. The van der Waals surface area contributed by atoms with Gasteiger partial charge in [-0.3, -0.25) is 9.69 Å². The topological polar surface area (TPSA) is 29.5 Å². The number of benzene rings is 1. The molecule has 0 radical (unpaired) electrons. The summed E-state index contributed by atoms with van der Waals surface area (Å²) in [5.74, 6) is -0.560. The lowest BCUT2D eigenvalue weighted by Crippen LogP contribution is -2.44. The van der Waals surface area contributed by atoms with Gasteiger partial charge >= 0.3 is 5.97 Å². The predicted octanol–water partition coefficient (Wildman–Crippen LogP) is 3.01. The fraction of sp³-hybridized carbons (Fsp3) is 0.500. The van der Waals surface area contributed by atoms with Crippen molar-refractivity contribution in [3.8, 4) is 0 Å². The number of nitrogens with zero attached hydrogens (tertiary/aromatic N) is 1. The molecule has 0 unspecified atom stereocenters.